The molecule has 2 bridgehead atoms. The number of amides is 1. The minimum atomic E-state index is -0.140. The van der Waals surface area contributed by atoms with Crippen LogP contribution in [0.15, 0.2) is 23.0 Å². The summed E-state index contributed by atoms with van der Waals surface area (Å²) in [5, 5.41) is 0. The van der Waals surface area contributed by atoms with Crippen molar-refractivity contribution in [3.63, 3.8) is 0 Å². The van der Waals surface area contributed by atoms with Crippen molar-refractivity contribution in [2.75, 3.05) is 39.8 Å². The van der Waals surface area contributed by atoms with Crippen LogP contribution in [-0.4, -0.2) is 66.1 Å². The number of pyridine rings is 1. The zero-order valence-corrected chi connectivity index (χ0v) is 19.8. The molecular weight excluding hydrogens is 418 g/mol. The van der Waals surface area contributed by atoms with Crippen LogP contribution in [0.5, 0.6) is 0 Å². The van der Waals surface area contributed by atoms with Crippen molar-refractivity contribution in [3.05, 3.63) is 34.2 Å². The fourth-order valence-corrected chi connectivity index (χ4v) is 6.61. The first-order valence-corrected chi connectivity index (χ1v) is 12.8. The van der Waals surface area contributed by atoms with Gasteiger partial charge in [-0.3, -0.25) is 14.4 Å². The highest BCUT2D eigenvalue weighted by Gasteiger charge is 2.38. The van der Waals surface area contributed by atoms with Gasteiger partial charge in [-0.15, -0.1) is 0 Å². The Balaban J connectivity index is 1.23. The number of carbonyl (C=O) groups excluding carboxylic acids is 2. The Kier molecular flexibility index (Phi) is 6.59. The Morgan fingerprint density at radius 2 is 1.91 bits per heavy atom. The molecule has 4 aliphatic rings. The summed E-state index contributed by atoms with van der Waals surface area (Å²) in [6.07, 6.45) is 6.74. The molecule has 1 saturated carbocycles. The summed E-state index contributed by atoms with van der Waals surface area (Å²) in [4.78, 5) is 41.9. The topological polar surface area (TPSA) is 71.8 Å². The summed E-state index contributed by atoms with van der Waals surface area (Å²) in [6, 6.07) is 5.67. The van der Waals surface area contributed by atoms with Gasteiger partial charge in [-0.25, -0.2) is 0 Å². The molecule has 1 aliphatic carbocycles. The largest absolute Gasteiger partial charge is 0.469 e. The van der Waals surface area contributed by atoms with Gasteiger partial charge in [-0.05, 0) is 62.5 Å². The van der Waals surface area contributed by atoms with Crippen LogP contribution in [0.4, 0.5) is 0 Å². The van der Waals surface area contributed by atoms with Crippen molar-refractivity contribution >= 4 is 11.9 Å². The predicted molar refractivity (Wildman–Crippen MR) is 125 cm³/mol. The van der Waals surface area contributed by atoms with E-state index >= 15 is 0 Å². The van der Waals surface area contributed by atoms with Crippen LogP contribution in [0.25, 0.3) is 0 Å². The maximum absolute atomic E-state index is 12.9. The molecule has 7 heteroatoms. The van der Waals surface area contributed by atoms with Crippen LogP contribution in [-0.2, 0) is 20.9 Å². The van der Waals surface area contributed by atoms with E-state index in [-0.39, 0.29) is 23.4 Å². The fraction of sp³-hybridized carbons (Fsp3) is 0.731. The van der Waals surface area contributed by atoms with Crippen molar-refractivity contribution in [1.82, 2.24) is 14.4 Å². The Bertz CT molecular complexity index is 940. The molecule has 0 aromatic carbocycles. The number of rotatable bonds is 6. The minimum Gasteiger partial charge on any atom is -0.469 e. The lowest BCUT2D eigenvalue weighted by atomic mass is 9.78. The number of piperidine rings is 2. The van der Waals surface area contributed by atoms with Crippen LogP contribution in [0.1, 0.15) is 56.6 Å². The molecule has 7 nitrogen and oxygen atoms in total. The third-order valence-corrected chi connectivity index (χ3v) is 8.69. The number of esters is 1. The number of aromatic nitrogens is 1. The number of carbonyl (C=O) groups is 2. The normalized spacial score (nSPS) is 29.8. The molecular formula is C26H37N3O4. The first-order valence-electron chi connectivity index (χ1n) is 12.8. The molecule has 0 radical (unpaired) electrons. The molecule has 1 amide bonds. The molecule has 3 aliphatic heterocycles. The first kappa shape index (κ1) is 22.6. The molecule has 33 heavy (non-hydrogen) atoms. The van der Waals surface area contributed by atoms with Crippen molar-refractivity contribution in [2.45, 2.75) is 57.4 Å². The number of hydrogen-bond donors (Lipinski definition) is 0. The van der Waals surface area contributed by atoms with Crippen molar-refractivity contribution < 1.29 is 14.3 Å². The lowest BCUT2D eigenvalue weighted by Crippen LogP contribution is -2.50. The van der Waals surface area contributed by atoms with Crippen LogP contribution < -0.4 is 5.56 Å². The summed E-state index contributed by atoms with van der Waals surface area (Å²) < 4.78 is 6.95. The van der Waals surface area contributed by atoms with Gasteiger partial charge in [0.05, 0.1) is 7.11 Å². The van der Waals surface area contributed by atoms with E-state index in [1.807, 2.05) is 10.6 Å². The van der Waals surface area contributed by atoms with E-state index < -0.39 is 0 Å². The lowest BCUT2D eigenvalue weighted by molar-refractivity contribution is -0.144. The SMILES string of the molecule is COC(=O)CC1CCN(C(=O)C2CCC2)CC1CCN1CC2CC(C1)c1cccc(=O)n1C2. The van der Waals surface area contributed by atoms with Gasteiger partial charge in [0.25, 0.3) is 5.56 Å². The van der Waals surface area contributed by atoms with Gasteiger partial charge in [0.15, 0.2) is 0 Å². The van der Waals surface area contributed by atoms with E-state index in [2.05, 4.69) is 15.9 Å². The fourth-order valence-electron chi connectivity index (χ4n) is 6.61. The molecule has 0 spiro atoms. The van der Waals surface area contributed by atoms with Gasteiger partial charge in [0.2, 0.25) is 5.91 Å². The smallest absolute Gasteiger partial charge is 0.305 e. The van der Waals surface area contributed by atoms with Crippen LogP contribution in [0, 0.1) is 23.7 Å². The highest BCUT2D eigenvalue weighted by molar-refractivity contribution is 5.79. The highest BCUT2D eigenvalue weighted by Crippen LogP contribution is 2.37. The number of ether oxygens (including phenoxy) is 1. The maximum atomic E-state index is 12.9. The summed E-state index contributed by atoms with van der Waals surface area (Å²) >= 11 is 0. The Morgan fingerprint density at radius 3 is 2.67 bits per heavy atom. The second kappa shape index (κ2) is 9.61. The van der Waals surface area contributed by atoms with E-state index in [0.29, 0.717) is 30.1 Å². The van der Waals surface area contributed by atoms with Crippen molar-refractivity contribution in [3.8, 4) is 0 Å². The molecule has 4 heterocycles. The van der Waals surface area contributed by atoms with Gasteiger partial charge >= 0.3 is 5.97 Å². The second-order valence-corrected chi connectivity index (χ2v) is 10.7. The van der Waals surface area contributed by atoms with E-state index in [9.17, 15) is 14.4 Å². The number of nitrogens with zero attached hydrogens (tertiary/aromatic N) is 3. The summed E-state index contributed by atoms with van der Waals surface area (Å²) in [5.41, 5.74) is 1.31. The molecule has 0 N–H and O–H groups in total. The maximum Gasteiger partial charge on any atom is 0.305 e. The molecule has 3 fully saturated rings. The zero-order chi connectivity index (χ0) is 22.9. The Labute approximate surface area is 196 Å². The highest BCUT2D eigenvalue weighted by atomic mass is 16.5. The third-order valence-electron chi connectivity index (χ3n) is 8.69. The zero-order valence-electron chi connectivity index (χ0n) is 19.8. The first-order chi connectivity index (χ1) is 16.0. The van der Waals surface area contributed by atoms with Gasteiger partial charge in [0.1, 0.15) is 0 Å². The van der Waals surface area contributed by atoms with E-state index in [1.54, 1.807) is 6.07 Å². The predicted octanol–water partition coefficient (Wildman–Crippen LogP) is 2.49. The quantitative estimate of drug-likeness (QED) is 0.617. The van der Waals surface area contributed by atoms with Crippen molar-refractivity contribution in [2.24, 2.45) is 23.7 Å². The number of hydrogen-bond acceptors (Lipinski definition) is 5. The lowest BCUT2D eigenvalue weighted by Gasteiger charge is -2.44. The third kappa shape index (κ3) is 4.75. The van der Waals surface area contributed by atoms with E-state index in [1.165, 1.54) is 19.2 Å². The number of fused-ring (bicyclic) bond motifs is 4. The van der Waals surface area contributed by atoms with Crippen LogP contribution >= 0.6 is 0 Å². The van der Waals surface area contributed by atoms with E-state index in [4.69, 9.17) is 4.74 Å². The molecule has 1 aromatic rings. The van der Waals surface area contributed by atoms with Crippen LogP contribution in [0.2, 0.25) is 0 Å². The Morgan fingerprint density at radius 1 is 1.06 bits per heavy atom. The molecule has 180 valence electrons. The average molecular weight is 456 g/mol. The monoisotopic (exact) mass is 455 g/mol. The number of methoxy groups -OCH3 is 1. The molecule has 4 atom stereocenters. The average Bonchev–Trinajstić information content (AvgIpc) is 2.77. The molecule has 5 rings (SSSR count). The molecule has 2 saturated heterocycles. The minimum absolute atomic E-state index is 0.125. The Hall–Kier alpha value is -2.15. The number of likely N-dealkylation sites (tertiary alicyclic amines) is 2. The van der Waals surface area contributed by atoms with E-state index in [0.717, 1.165) is 71.4 Å². The van der Waals surface area contributed by atoms with Gasteiger partial charge in [0, 0.05) is 62.7 Å². The van der Waals surface area contributed by atoms with Crippen LogP contribution in [0.3, 0.4) is 0 Å². The second-order valence-electron chi connectivity index (χ2n) is 10.7. The van der Waals surface area contributed by atoms with Gasteiger partial charge in [-0.2, -0.15) is 0 Å². The standard InChI is InChI=1S/C26H37N3O4/c1-33-25(31)13-20-9-11-28(26(32)19-4-2-5-19)17-21(20)8-10-27-14-18-12-22(16-27)23-6-3-7-24(30)29(23)15-18/h3,6-7,18-22H,2,4-5,8-17H2,1H3. The summed E-state index contributed by atoms with van der Waals surface area (Å²) in [5.74, 6) is 1.97. The van der Waals surface area contributed by atoms with Crippen molar-refractivity contribution in [1.29, 1.82) is 0 Å². The molecule has 1 aromatic heterocycles. The van der Waals surface area contributed by atoms with Gasteiger partial charge < -0.3 is 19.1 Å². The van der Waals surface area contributed by atoms with Gasteiger partial charge in [-0.1, -0.05) is 12.5 Å². The molecule has 4 unspecified atom stereocenters. The summed E-state index contributed by atoms with van der Waals surface area (Å²) in [7, 11) is 1.46. The summed E-state index contributed by atoms with van der Waals surface area (Å²) in [6.45, 7) is 5.36.